The van der Waals surface area contributed by atoms with Crippen molar-refractivity contribution in [3.05, 3.63) is 35.4 Å². The average Bonchev–Trinajstić information content (AvgIpc) is 2.44. The van der Waals surface area contributed by atoms with E-state index in [1.54, 1.807) is 6.92 Å². The topological polar surface area (TPSA) is 98.5 Å². The molecule has 0 radical (unpaired) electrons. The standard InChI is InChI=1S/C15H18F2N2O4/c1-3-23-12(20)6-8(2)13(14(18)21)19-15(22)10-5-4-9(16)7-11(10)17/h4-5,7-8,13H,3,6H2,1-2H3,(H2,18,21)(H,19,22)/t8-,13-/m0/s1. The van der Waals surface area contributed by atoms with Gasteiger partial charge >= 0.3 is 5.97 Å². The fourth-order valence-corrected chi connectivity index (χ4v) is 1.99. The highest BCUT2D eigenvalue weighted by atomic mass is 19.1. The quantitative estimate of drug-likeness (QED) is 0.733. The van der Waals surface area contributed by atoms with Gasteiger partial charge in [0.05, 0.1) is 18.6 Å². The molecule has 0 aliphatic rings. The van der Waals surface area contributed by atoms with Crippen LogP contribution < -0.4 is 11.1 Å². The third-order valence-electron chi connectivity index (χ3n) is 3.13. The van der Waals surface area contributed by atoms with Gasteiger partial charge in [-0.25, -0.2) is 8.78 Å². The molecule has 1 aromatic carbocycles. The van der Waals surface area contributed by atoms with Crippen LogP contribution in [0.25, 0.3) is 0 Å². The molecular formula is C15H18F2N2O4. The van der Waals surface area contributed by atoms with Crippen LogP contribution in [0.3, 0.4) is 0 Å². The molecule has 2 atom stereocenters. The van der Waals surface area contributed by atoms with E-state index < -0.39 is 46.9 Å². The normalized spacial score (nSPS) is 13.0. The molecule has 0 fully saturated rings. The van der Waals surface area contributed by atoms with E-state index in [-0.39, 0.29) is 13.0 Å². The van der Waals surface area contributed by atoms with E-state index >= 15 is 0 Å². The van der Waals surface area contributed by atoms with Gasteiger partial charge in [0.15, 0.2) is 0 Å². The van der Waals surface area contributed by atoms with Crippen LogP contribution in [0.4, 0.5) is 8.78 Å². The molecule has 6 nitrogen and oxygen atoms in total. The number of hydrogen-bond donors (Lipinski definition) is 2. The lowest BCUT2D eigenvalue weighted by Crippen LogP contribution is -2.49. The van der Waals surface area contributed by atoms with E-state index in [4.69, 9.17) is 10.5 Å². The molecule has 3 N–H and O–H groups in total. The van der Waals surface area contributed by atoms with Crippen molar-refractivity contribution in [1.82, 2.24) is 5.32 Å². The van der Waals surface area contributed by atoms with E-state index in [1.807, 2.05) is 0 Å². The number of esters is 1. The van der Waals surface area contributed by atoms with Crippen LogP contribution in [0.5, 0.6) is 0 Å². The third-order valence-corrected chi connectivity index (χ3v) is 3.13. The number of carbonyl (C=O) groups is 3. The second-order valence-corrected chi connectivity index (χ2v) is 4.96. The number of rotatable bonds is 7. The Bertz CT molecular complexity index is 607. The third kappa shape index (κ3) is 5.32. The van der Waals surface area contributed by atoms with Crippen LogP contribution in [0.15, 0.2) is 18.2 Å². The Balaban J connectivity index is 2.84. The van der Waals surface area contributed by atoms with Gasteiger partial charge in [0.2, 0.25) is 5.91 Å². The Morgan fingerprint density at radius 2 is 1.96 bits per heavy atom. The second-order valence-electron chi connectivity index (χ2n) is 4.96. The lowest BCUT2D eigenvalue weighted by molar-refractivity contribution is -0.144. The summed E-state index contributed by atoms with van der Waals surface area (Å²) >= 11 is 0. The van der Waals surface area contributed by atoms with E-state index in [1.165, 1.54) is 6.92 Å². The van der Waals surface area contributed by atoms with Crippen molar-refractivity contribution in [1.29, 1.82) is 0 Å². The molecule has 8 heteroatoms. The fourth-order valence-electron chi connectivity index (χ4n) is 1.99. The maximum atomic E-state index is 13.6. The summed E-state index contributed by atoms with van der Waals surface area (Å²) in [6, 6.07) is 1.22. The van der Waals surface area contributed by atoms with Crippen molar-refractivity contribution in [2.24, 2.45) is 11.7 Å². The van der Waals surface area contributed by atoms with E-state index in [0.717, 1.165) is 12.1 Å². The average molecular weight is 328 g/mol. The maximum Gasteiger partial charge on any atom is 0.306 e. The number of nitrogens with two attached hydrogens (primary N) is 1. The number of primary amides is 1. The molecule has 0 aliphatic carbocycles. The fraction of sp³-hybridized carbons (Fsp3) is 0.400. The van der Waals surface area contributed by atoms with Crippen molar-refractivity contribution in [3.63, 3.8) is 0 Å². The number of benzene rings is 1. The predicted molar refractivity (Wildman–Crippen MR) is 77.2 cm³/mol. The Morgan fingerprint density at radius 1 is 1.30 bits per heavy atom. The minimum atomic E-state index is -1.20. The molecule has 0 aromatic heterocycles. The van der Waals surface area contributed by atoms with Crippen LogP contribution in [0.1, 0.15) is 30.6 Å². The Morgan fingerprint density at radius 3 is 2.48 bits per heavy atom. The number of amides is 2. The second kappa shape index (κ2) is 8.21. The zero-order valence-electron chi connectivity index (χ0n) is 12.8. The highest BCUT2D eigenvalue weighted by Gasteiger charge is 2.28. The number of hydrogen-bond acceptors (Lipinski definition) is 4. The summed E-state index contributed by atoms with van der Waals surface area (Å²) in [6.45, 7) is 3.33. The molecule has 1 aromatic rings. The molecule has 0 saturated carbocycles. The SMILES string of the molecule is CCOC(=O)C[C@H](C)[C@H](NC(=O)c1ccc(F)cc1F)C(N)=O. The van der Waals surface area contributed by atoms with Crippen molar-refractivity contribution in [2.75, 3.05) is 6.61 Å². The monoisotopic (exact) mass is 328 g/mol. The molecule has 0 bridgehead atoms. The van der Waals surface area contributed by atoms with Gasteiger partial charge < -0.3 is 15.8 Å². The first-order chi connectivity index (χ1) is 10.8. The summed E-state index contributed by atoms with van der Waals surface area (Å²) in [7, 11) is 0. The van der Waals surface area contributed by atoms with Crippen LogP contribution in [-0.4, -0.2) is 30.4 Å². The predicted octanol–water partition coefficient (Wildman–Crippen LogP) is 1.14. The summed E-state index contributed by atoms with van der Waals surface area (Å²) in [5.74, 6) is -4.91. The first-order valence-electron chi connectivity index (χ1n) is 6.97. The molecule has 0 aliphatic heterocycles. The summed E-state index contributed by atoms with van der Waals surface area (Å²) in [5.41, 5.74) is 4.79. The van der Waals surface area contributed by atoms with Gasteiger partial charge in [-0.15, -0.1) is 0 Å². The van der Waals surface area contributed by atoms with E-state index in [0.29, 0.717) is 6.07 Å². The van der Waals surface area contributed by atoms with Crippen LogP contribution in [-0.2, 0) is 14.3 Å². The molecule has 23 heavy (non-hydrogen) atoms. The molecule has 0 saturated heterocycles. The highest BCUT2D eigenvalue weighted by Crippen LogP contribution is 2.13. The van der Waals surface area contributed by atoms with Crippen LogP contribution in [0, 0.1) is 17.6 Å². The smallest absolute Gasteiger partial charge is 0.306 e. The molecule has 126 valence electrons. The molecule has 0 spiro atoms. The Hall–Kier alpha value is -2.51. The molecule has 1 rings (SSSR count). The first-order valence-corrected chi connectivity index (χ1v) is 6.97. The van der Waals surface area contributed by atoms with Gasteiger partial charge in [0.1, 0.15) is 17.7 Å². The van der Waals surface area contributed by atoms with Crippen molar-refractivity contribution in [3.8, 4) is 0 Å². The van der Waals surface area contributed by atoms with Crippen molar-refractivity contribution < 1.29 is 27.9 Å². The Kier molecular flexibility index (Phi) is 6.62. The van der Waals surface area contributed by atoms with Crippen LogP contribution in [0.2, 0.25) is 0 Å². The molecular weight excluding hydrogens is 310 g/mol. The Labute approximate surface area is 132 Å². The zero-order chi connectivity index (χ0) is 17.6. The minimum Gasteiger partial charge on any atom is -0.466 e. The first kappa shape index (κ1) is 18.5. The lowest BCUT2D eigenvalue weighted by Gasteiger charge is -2.21. The summed E-state index contributed by atoms with van der Waals surface area (Å²) in [6.07, 6.45) is -0.145. The number of nitrogens with one attached hydrogen (secondary N) is 1. The summed E-state index contributed by atoms with van der Waals surface area (Å²) in [4.78, 5) is 34.9. The number of carbonyl (C=O) groups excluding carboxylic acids is 3. The number of ether oxygens (including phenoxy) is 1. The van der Waals surface area contributed by atoms with Gasteiger partial charge in [-0.2, -0.15) is 0 Å². The largest absolute Gasteiger partial charge is 0.466 e. The molecule has 0 unspecified atom stereocenters. The number of halogens is 2. The van der Waals surface area contributed by atoms with Gasteiger partial charge in [-0.05, 0) is 25.0 Å². The summed E-state index contributed by atoms with van der Waals surface area (Å²) < 4.78 is 31.2. The van der Waals surface area contributed by atoms with Gasteiger partial charge in [-0.3, -0.25) is 14.4 Å². The van der Waals surface area contributed by atoms with Crippen LogP contribution >= 0.6 is 0 Å². The highest BCUT2D eigenvalue weighted by molar-refractivity contribution is 5.97. The zero-order valence-corrected chi connectivity index (χ0v) is 12.8. The van der Waals surface area contributed by atoms with Gasteiger partial charge in [0.25, 0.3) is 5.91 Å². The molecule has 2 amide bonds. The maximum absolute atomic E-state index is 13.6. The van der Waals surface area contributed by atoms with Gasteiger partial charge in [-0.1, -0.05) is 6.92 Å². The lowest BCUT2D eigenvalue weighted by atomic mass is 9.97. The van der Waals surface area contributed by atoms with E-state index in [9.17, 15) is 23.2 Å². The summed E-state index contributed by atoms with van der Waals surface area (Å²) in [5, 5.41) is 2.26. The van der Waals surface area contributed by atoms with Crippen molar-refractivity contribution in [2.45, 2.75) is 26.3 Å². The molecule has 0 heterocycles. The van der Waals surface area contributed by atoms with Crippen molar-refractivity contribution >= 4 is 17.8 Å². The van der Waals surface area contributed by atoms with E-state index in [2.05, 4.69) is 5.32 Å². The van der Waals surface area contributed by atoms with Gasteiger partial charge in [0, 0.05) is 6.07 Å². The minimum absolute atomic E-state index is 0.145.